The van der Waals surface area contributed by atoms with E-state index in [9.17, 15) is 14.9 Å². The fourth-order valence-corrected chi connectivity index (χ4v) is 3.29. The van der Waals surface area contributed by atoms with Gasteiger partial charge in [0.2, 0.25) is 5.13 Å². The number of rotatable bonds is 5. The predicted octanol–water partition coefficient (Wildman–Crippen LogP) is 2.76. The normalized spacial score (nSPS) is 13.6. The van der Waals surface area contributed by atoms with E-state index in [-0.39, 0.29) is 11.3 Å². The molecular formula is C15H12N6O3S. The van der Waals surface area contributed by atoms with Crippen molar-refractivity contribution in [1.82, 2.24) is 19.7 Å². The summed E-state index contributed by atoms with van der Waals surface area (Å²) in [5.41, 5.74) is 0.339. The number of hydrogen-bond donors (Lipinski definition) is 1. The molecule has 0 atom stereocenters. The van der Waals surface area contributed by atoms with Crippen molar-refractivity contribution in [3.63, 3.8) is 0 Å². The molecule has 1 saturated carbocycles. The van der Waals surface area contributed by atoms with Gasteiger partial charge in [-0.2, -0.15) is 0 Å². The molecule has 1 aliphatic carbocycles. The number of anilines is 1. The van der Waals surface area contributed by atoms with Gasteiger partial charge in [-0.25, -0.2) is 4.98 Å². The quantitative estimate of drug-likeness (QED) is 0.555. The summed E-state index contributed by atoms with van der Waals surface area (Å²) >= 11 is 1.34. The van der Waals surface area contributed by atoms with Crippen molar-refractivity contribution < 1.29 is 9.72 Å². The molecular weight excluding hydrogens is 344 g/mol. The molecule has 1 N–H and O–H groups in total. The third-order valence-electron chi connectivity index (χ3n) is 3.80. The third-order valence-corrected chi connectivity index (χ3v) is 4.81. The lowest BCUT2D eigenvalue weighted by atomic mass is 10.1. The molecule has 0 saturated heterocycles. The Hall–Kier alpha value is -3.14. The third kappa shape index (κ3) is 3.11. The highest BCUT2D eigenvalue weighted by molar-refractivity contribution is 7.15. The van der Waals surface area contributed by atoms with Gasteiger partial charge >= 0.3 is 0 Å². The van der Waals surface area contributed by atoms with Crippen molar-refractivity contribution in [2.24, 2.45) is 0 Å². The fraction of sp³-hybridized carbons (Fsp3) is 0.200. The molecule has 1 aromatic carbocycles. The van der Waals surface area contributed by atoms with E-state index in [0.717, 1.165) is 17.8 Å². The molecule has 2 aromatic heterocycles. The van der Waals surface area contributed by atoms with E-state index in [1.165, 1.54) is 46.6 Å². The van der Waals surface area contributed by atoms with Gasteiger partial charge in [-0.1, -0.05) is 11.3 Å². The molecule has 1 amide bonds. The number of nitrogens with zero attached hydrogens (tertiary/aromatic N) is 5. The molecule has 0 spiro atoms. The first-order valence-electron chi connectivity index (χ1n) is 7.53. The number of benzene rings is 1. The molecule has 0 bridgehead atoms. The average molecular weight is 356 g/mol. The van der Waals surface area contributed by atoms with Gasteiger partial charge < -0.3 is 4.57 Å². The number of nitrogens with one attached hydrogen (secondary N) is 1. The highest BCUT2D eigenvalue weighted by Crippen LogP contribution is 2.42. The van der Waals surface area contributed by atoms with Crippen LogP contribution in [0, 0.1) is 10.1 Å². The maximum absolute atomic E-state index is 12.4. The molecule has 1 fully saturated rings. The smallest absolute Gasteiger partial charge is 0.294 e. The molecule has 9 nitrogen and oxygen atoms in total. The number of carbonyl (C=O) groups excluding carboxylic acids is 1. The van der Waals surface area contributed by atoms with Gasteiger partial charge in [0.25, 0.3) is 11.6 Å². The van der Waals surface area contributed by atoms with Crippen LogP contribution in [0.25, 0.3) is 5.69 Å². The Kier molecular flexibility index (Phi) is 3.73. The summed E-state index contributed by atoms with van der Waals surface area (Å²) in [5.74, 6) is -0.00233. The minimum Gasteiger partial charge on any atom is -0.300 e. The Balaban J connectivity index is 1.59. The first kappa shape index (κ1) is 15.4. The van der Waals surface area contributed by atoms with E-state index >= 15 is 0 Å². The summed E-state index contributed by atoms with van der Waals surface area (Å²) in [6.07, 6.45) is 6.79. The molecule has 0 radical (unpaired) electrons. The molecule has 126 valence electrons. The van der Waals surface area contributed by atoms with E-state index in [1.807, 2.05) is 0 Å². The number of nitro benzene ring substituents is 1. The highest BCUT2D eigenvalue weighted by atomic mass is 32.1. The van der Waals surface area contributed by atoms with Crippen molar-refractivity contribution in [3.8, 4) is 5.69 Å². The van der Waals surface area contributed by atoms with Crippen molar-refractivity contribution >= 4 is 28.1 Å². The highest BCUT2D eigenvalue weighted by Gasteiger charge is 2.28. The summed E-state index contributed by atoms with van der Waals surface area (Å²) in [6.45, 7) is 0. The van der Waals surface area contributed by atoms with Gasteiger partial charge in [0.1, 0.15) is 10.7 Å². The molecule has 25 heavy (non-hydrogen) atoms. The number of aromatic nitrogens is 4. The van der Waals surface area contributed by atoms with Crippen LogP contribution in [0.1, 0.15) is 34.1 Å². The molecule has 4 rings (SSSR count). The second kappa shape index (κ2) is 6.06. The standard InChI is InChI=1S/C15H12N6O3S/c22-13(17-15-19-18-14(25-15)9-1-2-9)10-3-4-11(12(7-10)21(23)24)20-6-5-16-8-20/h3-9H,1-2H2,(H,17,19,22). The maximum atomic E-state index is 12.4. The molecule has 2 heterocycles. The lowest BCUT2D eigenvalue weighted by molar-refractivity contribution is -0.384. The first-order chi connectivity index (χ1) is 12.1. The average Bonchev–Trinajstić information content (AvgIpc) is 3.11. The Morgan fingerprint density at radius 2 is 2.20 bits per heavy atom. The second-order valence-corrected chi connectivity index (χ2v) is 6.61. The Morgan fingerprint density at radius 1 is 1.36 bits per heavy atom. The SMILES string of the molecule is O=C(Nc1nnc(C2CC2)s1)c1ccc(-n2ccnc2)c([N+](=O)[O-])c1. The number of carbonyl (C=O) groups is 1. The van der Waals surface area contributed by atoms with E-state index in [1.54, 1.807) is 6.20 Å². The topological polar surface area (TPSA) is 116 Å². The van der Waals surface area contributed by atoms with E-state index < -0.39 is 10.8 Å². The largest absolute Gasteiger partial charge is 0.300 e. The maximum Gasteiger partial charge on any atom is 0.294 e. The summed E-state index contributed by atoms with van der Waals surface area (Å²) in [4.78, 5) is 27.1. The zero-order valence-corrected chi connectivity index (χ0v) is 13.6. The van der Waals surface area contributed by atoms with Gasteiger partial charge in [-0.3, -0.25) is 20.2 Å². The van der Waals surface area contributed by atoms with Gasteiger partial charge in [0, 0.05) is 29.9 Å². The lowest BCUT2D eigenvalue weighted by Crippen LogP contribution is -2.12. The predicted molar refractivity (Wildman–Crippen MR) is 90.1 cm³/mol. The summed E-state index contributed by atoms with van der Waals surface area (Å²) in [5, 5.41) is 23.3. The number of imidazole rings is 1. The first-order valence-corrected chi connectivity index (χ1v) is 8.35. The monoisotopic (exact) mass is 356 g/mol. The molecule has 10 heteroatoms. The van der Waals surface area contributed by atoms with E-state index in [4.69, 9.17) is 0 Å². The Morgan fingerprint density at radius 3 is 2.88 bits per heavy atom. The van der Waals surface area contributed by atoms with Crippen LogP contribution in [0.3, 0.4) is 0 Å². The number of nitro groups is 1. The Bertz CT molecular complexity index is 948. The minimum atomic E-state index is -0.526. The van der Waals surface area contributed by atoms with E-state index in [2.05, 4.69) is 20.5 Å². The van der Waals surface area contributed by atoms with Crippen molar-refractivity contribution in [2.45, 2.75) is 18.8 Å². The number of hydrogen-bond acceptors (Lipinski definition) is 7. The van der Waals surface area contributed by atoms with Gasteiger partial charge in [0.15, 0.2) is 0 Å². The van der Waals surface area contributed by atoms with Crippen LogP contribution in [0.15, 0.2) is 36.9 Å². The van der Waals surface area contributed by atoms with Gasteiger partial charge in [0.05, 0.1) is 11.3 Å². The van der Waals surface area contributed by atoms with Crippen LogP contribution in [0.4, 0.5) is 10.8 Å². The van der Waals surface area contributed by atoms with Crippen LogP contribution in [0.5, 0.6) is 0 Å². The van der Waals surface area contributed by atoms with Crippen LogP contribution in [-0.2, 0) is 0 Å². The Labute approximate surface area is 145 Å². The summed E-state index contributed by atoms with van der Waals surface area (Å²) < 4.78 is 1.52. The van der Waals surface area contributed by atoms with Crippen LogP contribution < -0.4 is 5.32 Å². The lowest BCUT2D eigenvalue weighted by Gasteiger charge is -2.06. The van der Waals surface area contributed by atoms with Gasteiger partial charge in [-0.15, -0.1) is 10.2 Å². The molecule has 1 aliphatic rings. The van der Waals surface area contributed by atoms with Crippen LogP contribution in [-0.4, -0.2) is 30.6 Å². The van der Waals surface area contributed by atoms with Crippen molar-refractivity contribution in [2.75, 3.05) is 5.32 Å². The van der Waals surface area contributed by atoms with Crippen LogP contribution >= 0.6 is 11.3 Å². The minimum absolute atomic E-state index is 0.179. The molecule has 0 aliphatic heterocycles. The second-order valence-electron chi connectivity index (χ2n) is 5.60. The molecule has 0 unspecified atom stereocenters. The summed E-state index contributed by atoms with van der Waals surface area (Å²) in [7, 11) is 0. The summed E-state index contributed by atoms with van der Waals surface area (Å²) in [6, 6.07) is 4.29. The van der Waals surface area contributed by atoms with E-state index in [0.29, 0.717) is 16.7 Å². The van der Waals surface area contributed by atoms with Crippen LogP contribution in [0.2, 0.25) is 0 Å². The number of amides is 1. The van der Waals surface area contributed by atoms with Crippen molar-refractivity contribution in [3.05, 3.63) is 57.6 Å². The zero-order chi connectivity index (χ0) is 17.4. The van der Waals surface area contributed by atoms with Gasteiger partial charge in [-0.05, 0) is 25.0 Å². The fourth-order valence-electron chi connectivity index (χ4n) is 2.38. The molecule has 3 aromatic rings. The zero-order valence-electron chi connectivity index (χ0n) is 12.8. The van der Waals surface area contributed by atoms with Crippen molar-refractivity contribution in [1.29, 1.82) is 0 Å².